The molecule has 1 heterocycles. The van der Waals surface area contributed by atoms with Gasteiger partial charge in [0.05, 0.1) is 19.4 Å². The van der Waals surface area contributed by atoms with Crippen molar-refractivity contribution in [1.82, 2.24) is 0 Å². The second kappa shape index (κ2) is 6.82. The van der Waals surface area contributed by atoms with Gasteiger partial charge in [-0.25, -0.2) is 0 Å². The van der Waals surface area contributed by atoms with Crippen LogP contribution in [0.3, 0.4) is 0 Å². The van der Waals surface area contributed by atoms with Crippen LogP contribution < -0.4 is 15.2 Å². The summed E-state index contributed by atoms with van der Waals surface area (Å²) in [5.74, 6) is 2.16. The Labute approximate surface area is 118 Å². The second-order valence-electron chi connectivity index (χ2n) is 4.41. The van der Waals surface area contributed by atoms with Gasteiger partial charge in [0.15, 0.2) is 11.5 Å². The summed E-state index contributed by atoms with van der Waals surface area (Å²) in [7, 11) is 1.62. The van der Waals surface area contributed by atoms with Crippen LogP contribution >= 0.6 is 0 Å². The van der Waals surface area contributed by atoms with Crippen molar-refractivity contribution >= 4 is 0 Å². The Hall–Kier alpha value is -2.20. The van der Waals surface area contributed by atoms with E-state index in [1.165, 1.54) is 0 Å². The van der Waals surface area contributed by atoms with E-state index in [0.717, 1.165) is 11.3 Å². The summed E-state index contributed by atoms with van der Waals surface area (Å²) in [5, 5.41) is 0. The van der Waals surface area contributed by atoms with E-state index in [9.17, 15) is 0 Å². The van der Waals surface area contributed by atoms with E-state index in [4.69, 9.17) is 19.6 Å². The molecule has 0 saturated carbocycles. The molecule has 0 spiro atoms. The van der Waals surface area contributed by atoms with Crippen LogP contribution in [0.1, 0.15) is 17.4 Å². The number of methoxy groups -OCH3 is 1. The van der Waals surface area contributed by atoms with E-state index in [-0.39, 0.29) is 6.04 Å². The third kappa shape index (κ3) is 3.42. The van der Waals surface area contributed by atoms with Crippen molar-refractivity contribution in [1.29, 1.82) is 0 Å². The van der Waals surface area contributed by atoms with Crippen LogP contribution in [0.25, 0.3) is 0 Å². The van der Waals surface area contributed by atoms with Gasteiger partial charge >= 0.3 is 0 Å². The lowest BCUT2D eigenvalue weighted by atomic mass is 10.0. The van der Waals surface area contributed by atoms with E-state index in [1.54, 1.807) is 19.4 Å². The lowest BCUT2D eigenvalue weighted by Gasteiger charge is -2.13. The van der Waals surface area contributed by atoms with Gasteiger partial charge in [-0.15, -0.1) is 0 Å². The molecule has 20 heavy (non-hydrogen) atoms. The Bertz CT molecular complexity index is 549. The molecule has 0 radical (unpaired) electrons. The van der Waals surface area contributed by atoms with Crippen molar-refractivity contribution in [2.45, 2.75) is 12.5 Å². The molecule has 4 nitrogen and oxygen atoms in total. The zero-order valence-corrected chi connectivity index (χ0v) is 11.5. The SMILES string of the molecule is C=CCOc1ccc(CC(N)c2ccco2)cc1OC. The normalized spacial score (nSPS) is 11.9. The third-order valence-electron chi connectivity index (χ3n) is 2.95. The fourth-order valence-electron chi connectivity index (χ4n) is 1.96. The Balaban J connectivity index is 2.10. The smallest absolute Gasteiger partial charge is 0.161 e. The first-order valence-corrected chi connectivity index (χ1v) is 6.44. The third-order valence-corrected chi connectivity index (χ3v) is 2.95. The number of rotatable bonds is 7. The maximum absolute atomic E-state index is 6.10. The first kappa shape index (κ1) is 14.2. The summed E-state index contributed by atoms with van der Waals surface area (Å²) < 4.78 is 16.2. The molecule has 0 aliphatic rings. The molecule has 106 valence electrons. The van der Waals surface area contributed by atoms with Crippen molar-refractivity contribution < 1.29 is 13.9 Å². The summed E-state index contributed by atoms with van der Waals surface area (Å²) >= 11 is 0. The standard InChI is InChI=1S/C16H19NO3/c1-3-8-19-15-7-6-12(11-16(15)18-2)10-13(17)14-5-4-9-20-14/h3-7,9,11,13H,1,8,10,17H2,2H3. The molecule has 1 atom stereocenters. The Morgan fingerprint density at radius 1 is 1.35 bits per heavy atom. The van der Waals surface area contributed by atoms with E-state index in [2.05, 4.69) is 6.58 Å². The quantitative estimate of drug-likeness (QED) is 0.787. The van der Waals surface area contributed by atoms with Gasteiger partial charge in [0, 0.05) is 0 Å². The summed E-state index contributed by atoms with van der Waals surface area (Å²) in [6.07, 6.45) is 3.99. The van der Waals surface area contributed by atoms with Crippen LogP contribution in [-0.2, 0) is 6.42 Å². The van der Waals surface area contributed by atoms with Crippen LogP contribution in [0, 0.1) is 0 Å². The first-order valence-electron chi connectivity index (χ1n) is 6.44. The lowest BCUT2D eigenvalue weighted by Crippen LogP contribution is -2.12. The highest BCUT2D eigenvalue weighted by molar-refractivity contribution is 5.43. The number of nitrogens with two attached hydrogens (primary N) is 1. The van der Waals surface area contributed by atoms with Gasteiger partial charge in [0.1, 0.15) is 12.4 Å². The molecular formula is C16H19NO3. The van der Waals surface area contributed by atoms with Crippen molar-refractivity contribution in [3.63, 3.8) is 0 Å². The van der Waals surface area contributed by atoms with E-state index in [1.807, 2.05) is 30.3 Å². The van der Waals surface area contributed by atoms with Crippen LogP contribution in [0.15, 0.2) is 53.7 Å². The highest BCUT2D eigenvalue weighted by atomic mass is 16.5. The first-order chi connectivity index (χ1) is 9.74. The topological polar surface area (TPSA) is 57.6 Å². The minimum absolute atomic E-state index is 0.172. The predicted octanol–water partition coefficient (Wildman–Crippen LogP) is 3.10. The van der Waals surface area contributed by atoms with Crippen LogP contribution in [-0.4, -0.2) is 13.7 Å². The largest absolute Gasteiger partial charge is 0.493 e. The zero-order chi connectivity index (χ0) is 14.4. The Kier molecular flexibility index (Phi) is 4.85. The van der Waals surface area contributed by atoms with Gasteiger partial charge in [0.25, 0.3) is 0 Å². The molecule has 0 aliphatic heterocycles. The maximum atomic E-state index is 6.10. The van der Waals surface area contributed by atoms with E-state index < -0.39 is 0 Å². The van der Waals surface area contributed by atoms with Gasteiger partial charge in [-0.05, 0) is 36.2 Å². The molecule has 1 aromatic carbocycles. The van der Waals surface area contributed by atoms with Crippen molar-refractivity contribution in [2.75, 3.05) is 13.7 Å². The molecule has 1 aromatic heterocycles. The molecule has 1 unspecified atom stereocenters. The molecule has 0 bridgehead atoms. The maximum Gasteiger partial charge on any atom is 0.161 e. The van der Waals surface area contributed by atoms with E-state index in [0.29, 0.717) is 24.5 Å². The van der Waals surface area contributed by atoms with Crippen molar-refractivity contribution in [3.8, 4) is 11.5 Å². The Morgan fingerprint density at radius 3 is 2.85 bits per heavy atom. The summed E-state index contributed by atoms with van der Waals surface area (Å²) in [6.45, 7) is 4.07. The molecule has 2 N–H and O–H groups in total. The van der Waals surface area contributed by atoms with Crippen LogP contribution in [0.4, 0.5) is 0 Å². The molecule has 0 amide bonds. The van der Waals surface area contributed by atoms with Gasteiger partial charge in [-0.3, -0.25) is 0 Å². The van der Waals surface area contributed by atoms with Gasteiger partial charge in [-0.1, -0.05) is 18.7 Å². The molecule has 2 aromatic rings. The Morgan fingerprint density at radius 2 is 2.20 bits per heavy atom. The number of hydrogen-bond donors (Lipinski definition) is 1. The average Bonchev–Trinajstić information content (AvgIpc) is 3.00. The predicted molar refractivity (Wildman–Crippen MR) is 78.0 cm³/mol. The minimum Gasteiger partial charge on any atom is -0.493 e. The number of benzene rings is 1. The zero-order valence-electron chi connectivity index (χ0n) is 11.5. The summed E-state index contributed by atoms with van der Waals surface area (Å²) in [6, 6.07) is 9.33. The minimum atomic E-state index is -0.172. The molecule has 0 aliphatic carbocycles. The molecular weight excluding hydrogens is 254 g/mol. The lowest BCUT2D eigenvalue weighted by molar-refractivity contribution is 0.326. The molecule has 2 rings (SSSR count). The van der Waals surface area contributed by atoms with Crippen molar-refractivity contribution in [2.24, 2.45) is 5.73 Å². The number of furan rings is 1. The van der Waals surface area contributed by atoms with E-state index >= 15 is 0 Å². The number of ether oxygens (including phenoxy) is 2. The van der Waals surface area contributed by atoms with Crippen LogP contribution in [0.5, 0.6) is 11.5 Å². The molecule has 4 heteroatoms. The monoisotopic (exact) mass is 273 g/mol. The second-order valence-corrected chi connectivity index (χ2v) is 4.41. The molecule has 0 saturated heterocycles. The van der Waals surface area contributed by atoms with Gasteiger partial charge in [-0.2, -0.15) is 0 Å². The highest BCUT2D eigenvalue weighted by Gasteiger charge is 2.12. The molecule has 0 fully saturated rings. The number of hydrogen-bond acceptors (Lipinski definition) is 4. The average molecular weight is 273 g/mol. The fourth-order valence-corrected chi connectivity index (χ4v) is 1.96. The fraction of sp³-hybridized carbons (Fsp3) is 0.250. The summed E-state index contributed by atoms with van der Waals surface area (Å²) in [5.41, 5.74) is 7.17. The highest BCUT2D eigenvalue weighted by Crippen LogP contribution is 2.29. The van der Waals surface area contributed by atoms with Gasteiger partial charge in [0.2, 0.25) is 0 Å². The summed E-state index contributed by atoms with van der Waals surface area (Å²) in [4.78, 5) is 0. The van der Waals surface area contributed by atoms with Crippen LogP contribution in [0.2, 0.25) is 0 Å². The van der Waals surface area contributed by atoms with Crippen molar-refractivity contribution in [3.05, 3.63) is 60.6 Å². The van der Waals surface area contributed by atoms with Gasteiger partial charge < -0.3 is 19.6 Å².